The van der Waals surface area contributed by atoms with Crippen LogP contribution in [-0.4, -0.2) is 40.6 Å². The summed E-state index contributed by atoms with van der Waals surface area (Å²) in [5.74, 6) is -1.59. The Morgan fingerprint density at radius 3 is 2.40 bits per heavy atom. The monoisotopic (exact) mass is 508 g/mol. The van der Waals surface area contributed by atoms with Gasteiger partial charge in [-0.3, -0.25) is 14.4 Å². The van der Waals surface area contributed by atoms with Crippen LogP contribution >= 0.6 is 39.1 Å². The van der Waals surface area contributed by atoms with E-state index in [0.29, 0.717) is 35.0 Å². The molecule has 2 heterocycles. The second kappa shape index (κ2) is 7.98. The fourth-order valence-corrected chi connectivity index (χ4v) is 5.47. The fourth-order valence-electron chi connectivity index (χ4n) is 4.66. The summed E-state index contributed by atoms with van der Waals surface area (Å²) < 4.78 is 0.934. The van der Waals surface area contributed by atoms with Crippen LogP contribution in [0.2, 0.25) is 10.0 Å². The third-order valence-corrected chi connectivity index (χ3v) is 6.74. The van der Waals surface area contributed by atoms with E-state index in [1.807, 2.05) is 24.3 Å². The van der Waals surface area contributed by atoms with Gasteiger partial charge >= 0.3 is 0 Å². The van der Waals surface area contributed by atoms with Gasteiger partial charge in [0.2, 0.25) is 11.8 Å². The average molecular weight is 510 g/mol. The lowest BCUT2D eigenvalue weighted by Crippen LogP contribution is -2.46. The highest BCUT2D eigenvalue weighted by atomic mass is 79.9. The third kappa shape index (κ3) is 3.77. The molecule has 5 nitrogen and oxygen atoms in total. The maximum Gasteiger partial charge on any atom is 0.238 e. The summed E-state index contributed by atoms with van der Waals surface area (Å²) in [6.45, 7) is 1.73. The van der Waals surface area contributed by atoms with E-state index in [4.69, 9.17) is 23.2 Å². The molecule has 0 radical (unpaired) electrons. The zero-order valence-electron chi connectivity index (χ0n) is 16.1. The summed E-state index contributed by atoms with van der Waals surface area (Å²) in [4.78, 5) is 40.4. The molecule has 2 saturated heterocycles. The van der Waals surface area contributed by atoms with Crippen molar-refractivity contribution >= 4 is 56.7 Å². The topological polar surface area (TPSA) is 66.5 Å². The van der Waals surface area contributed by atoms with Gasteiger partial charge in [0.25, 0.3) is 0 Å². The quantitative estimate of drug-likeness (QED) is 0.630. The normalized spacial score (nSPS) is 25.5. The molecule has 8 heteroatoms. The highest BCUT2D eigenvalue weighted by Crippen LogP contribution is 2.46. The minimum atomic E-state index is -1.02. The van der Waals surface area contributed by atoms with Gasteiger partial charge in [0, 0.05) is 46.9 Å². The number of rotatable bonds is 4. The highest BCUT2D eigenvalue weighted by Gasteiger charge is 2.62. The van der Waals surface area contributed by atoms with Crippen molar-refractivity contribution in [3.63, 3.8) is 0 Å². The first-order chi connectivity index (χ1) is 14.2. The SMILES string of the molecule is CC(=O)NC1CN2C(=O)C(c3cc(Cl)cc(Cl)c3)C(=O)C2(Cc2ccc(Br)cc2)C1. The van der Waals surface area contributed by atoms with Crippen molar-refractivity contribution in [1.29, 1.82) is 0 Å². The number of benzene rings is 2. The van der Waals surface area contributed by atoms with E-state index in [-0.39, 0.29) is 23.6 Å². The summed E-state index contributed by atoms with van der Waals surface area (Å²) in [6.07, 6.45) is 0.754. The lowest BCUT2D eigenvalue weighted by Gasteiger charge is -2.30. The Kier molecular flexibility index (Phi) is 5.68. The van der Waals surface area contributed by atoms with E-state index in [9.17, 15) is 14.4 Å². The van der Waals surface area contributed by atoms with Crippen LogP contribution in [0.5, 0.6) is 0 Å². The number of halogens is 3. The number of carbonyl (C=O) groups excluding carboxylic acids is 3. The first kappa shape index (κ1) is 21.3. The molecule has 2 fully saturated rings. The number of carbonyl (C=O) groups is 3. The second-order valence-corrected chi connectivity index (χ2v) is 9.67. The van der Waals surface area contributed by atoms with Gasteiger partial charge in [-0.1, -0.05) is 51.3 Å². The highest BCUT2D eigenvalue weighted by molar-refractivity contribution is 9.10. The van der Waals surface area contributed by atoms with Crippen molar-refractivity contribution in [1.82, 2.24) is 10.2 Å². The Balaban J connectivity index is 1.75. The van der Waals surface area contributed by atoms with Crippen molar-refractivity contribution in [3.8, 4) is 0 Å². The Bertz CT molecular complexity index is 1020. The minimum absolute atomic E-state index is 0.179. The zero-order valence-corrected chi connectivity index (χ0v) is 19.2. The van der Waals surface area contributed by atoms with Crippen LogP contribution in [0.25, 0.3) is 0 Å². The first-order valence-electron chi connectivity index (χ1n) is 9.53. The Morgan fingerprint density at radius 1 is 1.17 bits per heavy atom. The molecule has 0 aromatic heterocycles. The molecule has 2 aromatic carbocycles. The van der Waals surface area contributed by atoms with Crippen LogP contribution in [0.4, 0.5) is 0 Å². The number of nitrogens with zero attached hydrogens (tertiary/aromatic N) is 1. The third-order valence-electron chi connectivity index (χ3n) is 5.77. The number of ketones is 1. The second-order valence-electron chi connectivity index (χ2n) is 7.89. The van der Waals surface area contributed by atoms with Gasteiger partial charge < -0.3 is 10.2 Å². The van der Waals surface area contributed by atoms with Crippen molar-refractivity contribution in [3.05, 3.63) is 68.1 Å². The van der Waals surface area contributed by atoms with E-state index >= 15 is 0 Å². The van der Waals surface area contributed by atoms with E-state index in [1.54, 1.807) is 23.1 Å². The van der Waals surface area contributed by atoms with Crippen molar-refractivity contribution in [2.45, 2.75) is 37.3 Å². The smallest absolute Gasteiger partial charge is 0.238 e. The molecule has 2 amide bonds. The summed E-state index contributed by atoms with van der Waals surface area (Å²) in [5, 5.41) is 3.63. The molecule has 2 aromatic rings. The molecular weight excluding hydrogens is 491 g/mol. The predicted octanol–water partition coefficient (Wildman–Crippen LogP) is 4.14. The molecule has 0 saturated carbocycles. The predicted molar refractivity (Wildman–Crippen MR) is 119 cm³/mol. The van der Waals surface area contributed by atoms with Crippen LogP contribution in [-0.2, 0) is 20.8 Å². The first-order valence-corrected chi connectivity index (χ1v) is 11.1. The summed E-state index contributed by atoms with van der Waals surface area (Å²) >= 11 is 15.7. The molecular formula is C22H19BrCl2N2O3. The van der Waals surface area contributed by atoms with Crippen LogP contribution < -0.4 is 5.32 Å². The van der Waals surface area contributed by atoms with Crippen molar-refractivity contribution in [2.24, 2.45) is 0 Å². The largest absolute Gasteiger partial charge is 0.352 e. The standard InChI is InChI=1S/C22H19BrCl2N2O3/c1-12(28)26-18-10-22(9-13-2-4-15(23)5-3-13)20(29)19(21(30)27(22)11-18)14-6-16(24)8-17(25)7-14/h2-8,18-19H,9-11H2,1H3,(H,26,28). The van der Waals surface area contributed by atoms with E-state index in [2.05, 4.69) is 21.2 Å². The molecule has 0 bridgehead atoms. The van der Waals surface area contributed by atoms with Crippen LogP contribution in [0.1, 0.15) is 30.4 Å². The summed E-state index contributed by atoms with van der Waals surface area (Å²) in [5.41, 5.74) is 0.429. The van der Waals surface area contributed by atoms with Crippen LogP contribution in [0.15, 0.2) is 46.9 Å². The number of hydrogen-bond donors (Lipinski definition) is 1. The number of amides is 2. The molecule has 2 aliphatic heterocycles. The number of Topliss-reactive ketones (excluding diaryl/α,β-unsaturated/α-hetero) is 1. The molecule has 3 unspecified atom stereocenters. The number of fused-ring (bicyclic) bond motifs is 1. The van der Waals surface area contributed by atoms with Gasteiger partial charge in [-0.2, -0.15) is 0 Å². The molecule has 4 rings (SSSR count). The van der Waals surface area contributed by atoms with E-state index in [1.165, 1.54) is 6.92 Å². The maximum absolute atomic E-state index is 13.8. The van der Waals surface area contributed by atoms with Gasteiger partial charge in [0.15, 0.2) is 5.78 Å². The summed E-state index contributed by atoms with van der Waals surface area (Å²) in [7, 11) is 0. The molecule has 30 heavy (non-hydrogen) atoms. The maximum atomic E-state index is 13.8. The van der Waals surface area contributed by atoms with Gasteiger partial charge in [-0.25, -0.2) is 0 Å². The van der Waals surface area contributed by atoms with Gasteiger partial charge in [0.1, 0.15) is 11.5 Å². The minimum Gasteiger partial charge on any atom is -0.352 e. The van der Waals surface area contributed by atoms with Crippen LogP contribution in [0, 0.1) is 0 Å². The Hall–Kier alpha value is -1.89. The van der Waals surface area contributed by atoms with Crippen LogP contribution in [0.3, 0.4) is 0 Å². The molecule has 1 N–H and O–H groups in total. The fraction of sp³-hybridized carbons (Fsp3) is 0.318. The zero-order chi connectivity index (χ0) is 21.6. The Morgan fingerprint density at radius 2 is 1.80 bits per heavy atom. The number of nitrogens with one attached hydrogen (secondary N) is 1. The van der Waals surface area contributed by atoms with E-state index in [0.717, 1.165) is 10.0 Å². The lowest BCUT2D eigenvalue weighted by molar-refractivity contribution is -0.131. The number of hydrogen-bond acceptors (Lipinski definition) is 3. The lowest BCUT2D eigenvalue weighted by atomic mass is 9.80. The van der Waals surface area contributed by atoms with Gasteiger partial charge in [-0.15, -0.1) is 0 Å². The Labute approximate surface area is 192 Å². The molecule has 3 atom stereocenters. The van der Waals surface area contributed by atoms with Gasteiger partial charge in [0.05, 0.1) is 0 Å². The molecule has 0 aliphatic carbocycles. The average Bonchev–Trinajstić information content (AvgIpc) is 3.09. The van der Waals surface area contributed by atoms with E-state index < -0.39 is 11.5 Å². The molecule has 2 aliphatic rings. The van der Waals surface area contributed by atoms with Gasteiger partial charge in [-0.05, 0) is 41.5 Å². The summed E-state index contributed by atoms with van der Waals surface area (Å²) in [6, 6.07) is 12.2. The molecule has 156 valence electrons. The van der Waals surface area contributed by atoms with Crippen molar-refractivity contribution < 1.29 is 14.4 Å². The van der Waals surface area contributed by atoms with Crippen molar-refractivity contribution in [2.75, 3.05) is 6.54 Å². The molecule has 0 spiro atoms.